The number of anilines is 1. The van der Waals surface area contributed by atoms with Crippen molar-refractivity contribution >= 4 is 39.1 Å². The van der Waals surface area contributed by atoms with E-state index < -0.39 is 21.9 Å². The molecule has 1 aliphatic carbocycles. The van der Waals surface area contributed by atoms with E-state index in [0.717, 1.165) is 42.8 Å². The Bertz CT molecular complexity index is 1810. The highest BCUT2D eigenvalue weighted by molar-refractivity contribution is 7.92. The first-order valence-electron chi connectivity index (χ1n) is 18.4. The quantitative estimate of drug-likeness (QED) is 0.338. The molecule has 2 saturated heterocycles. The molecule has 1 N–H and O–H groups in total. The Hall–Kier alpha value is -3.12. The standard InChI is InChI=1S/C39H51ClN4O6S/c1-26-8-5-10-34(48-4)28(3)27(2)20-43-22-38(15-6-9-29-18-31(40)12-13-32(29)38)25-49-35-14-11-30(19-33(35)43)36(45)41-51(47,21-26)42-37(46)44-23-39(24-44)16-7-17-50-39/h5,10-14,18-19,26-28,34H,6-9,15-17,20-25H2,1-4H3,(H,41,42,45,46,47)/b10-5-/t26-,27-,28+,34-,38-,51?/m0/s1. The highest BCUT2D eigenvalue weighted by atomic mass is 35.5. The second-order valence-corrected chi connectivity index (χ2v) is 18.1. The summed E-state index contributed by atoms with van der Waals surface area (Å²) in [4.78, 5) is 31.4. The third kappa shape index (κ3) is 7.41. The molecule has 5 aliphatic rings. The average Bonchev–Trinajstić information content (AvgIpc) is 3.53. The Balaban J connectivity index is 1.26. The van der Waals surface area contributed by atoms with Crippen LogP contribution >= 0.6 is 11.6 Å². The van der Waals surface area contributed by atoms with Gasteiger partial charge in [-0.25, -0.2) is 9.00 Å². The minimum Gasteiger partial charge on any atom is -0.490 e. The molecule has 1 unspecified atom stereocenters. The fourth-order valence-corrected chi connectivity index (χ4v) is 10.8. The van der Waals surface area contributed by atoms with Gasteiger partial charge in [0.05, 0.1) is 37.2 Å². The number of hydrogen-bond acceptors (Lipinski definition) is 7. The van der Waals surface area contributed by atoms with Gasteiger partial charge in [-0.3, -0.25) is 9.52 Å². The Labute approximate surface area is 307 Å². The van der Waals surface area contributed by atoms with Crippen molar-refractivity contribution in [1.29, 1.82) is 0 Å². The van der Waals surface area contributed by atoms with Crippen LogP contribution in [-0.4, -0.2) is 85.0 Å². The molecule has 2 aromatic carbocycles. The highest BCUT2D eigenvalue weighted by Gasteiger charge is 2.49. The fraction of sp³-hybridized carbons (Fsp3) is 0.590. The van der Waals surface area contributed by atoms with E-state index in [4.69, 9.17) is 25.8 Å². The maximum atomic E-state index is 14.5. The maximum Gasteiger partial charge on any atom is 0.330 e. The van der Waals surface area contributed by atoms with E-state index in [1.807, 2.05) is 25.1 Å². The summed E-state index contributed by atoms with van der Waals surface area (Å²) in [5.74, 6) is 0.341. The molecule has 12 heteroatoms. The van der Waals surface area contributed by atoms with Crippen molar-refractivity contribution in [3.05, 3.63) is 70.3 Å². The number of carbonyl (C=O) groups is 2. The number of rotatable bonds is 2. The number of fused-ring (bicyclic) bond motifs is 3. The molecular formula is C39H51ClN4O6S. The van der Waals surface area contributed by atoms with Crippen LogP contribution in [0.3, 0.4) is 0 Å². The number of nitrogens with zero attached hydrogens (tertiary/aromatic N) is 3. The van der Waals surface area contributed by atoms with E-state index in [9.17, 15) is 13.8 Å². The number of allylic oxidation sites excluding steroid dienone is 1. The minimum atomic E-state index is -3.49. The number of carbonyl (C=O) groups excluding carboxylic acids is 2. The Morgan fingerprint density at radius 2 is 1.92 bits per heavy atom. The van der Waals surface area contributed by atoms with Crippen LogP contribution in [0.5, 0.6) is 5.75 Å². The van der Waals surface area contributed by atoms with Gasteiger partial charge in [-0.05, 0) is 97.7 Å². The fourth-order valence-electron chi connectivity index (χ4n) is 8.74. The second kappa shape index (κ2) is 14.4. The van der Waals surface area contributed by atoms with Crippen molar-refractivity contribution in [2.24, 2.45) is 22.1 Å². The van der Waals surface area contributed by atoms with Gasteiger partial charge in [0, 0.05) is 42.8 Å². The molecule has 3 amide bonds. The summed E-state index contributed by atoms with van der Waals surface area (Å²) in [6.45, 7) is 9.90. The van der Waals surface area contributed by atoms with E-state index in [-0.39, 0.29) is 40.6 Å². The number of nitrogens with one attached hydrogen (secondary N) is 1. The highest BCUT2D eigenvalue weighted by Crippen LogP contribution is 2.45. The molecule has 2 bridgehead atoms. The number of amides is 3. The summed E-state index contributed by atoms with van der Waals surface area (Å²) in [5, 5.41) is 0.737. The van der Waals surface area contributed by atoms with Crippen LogP contribution in [-0.2, 0) is 31.2 Å². The Morgan fingerprint density at radius 1 is 1.10 bits per heavy atom. The maximum absolute atomic E-state index is 14.5. The van der Waals surface area contributed by atoms with E-state index >= 15 is 0 Å². The molecule has 2 spiro atoms. The summed E-state index contributed by atoms with van der Waals surface area (Å²) in [6, 6.07) is 11.1. The van der Waals surface area contributed by atoms with Crippen molar-refractivity contribution in [2.75, 3.05) is 57.2 Å². The van der Waals surface area contributed by atoms with Gasteiger partial charge in [0.15, 0.2) is 0 Å². The first-order chi connectivity index (χ1) is 24.4. The molecule has 276 valence electrons. The van der Waals surface area contributed by atoms with Crippen LogP contribution in [0, 0.1) is 17.8 Å². The molecule has 51 heavy (non-hydrogen) atoms. The van der Waals surface area contributed by atoms with E-state index in [0.29, 0.717) is 57.1 Å². The van der Waals surface area contributed by atoms with Crippen molar-refractivity contribution in [3.63, 3.8) is 0 Å². The Morgan fingerprint density at radius 3 is 2.69 bits per heavy atom. The molecule has 4 heterocycles. The first kappa shape index (κ1) is 36.2. The van der Waals surface area contributed by atoms with Crippen molar-refractivity contribution in [1.82, 2.24) is 9.62 Å². The first-order valence-corrected chi connectivity index (χ1v) is 20.5. The zero-order chi connectivity index (χ0) is 36.0. The van der Waals surface area contributed by atoms with Crippen LogP contribution in [0.15, 0.2) is 52.9 Å². The van der Waals surface area contributed by atoms with Gasteiger partial charge in [0.1, 0.15) is 21.3 Å². The largest absolute Gasteiger partial charge is 0.490 e. The zero-order valence-electron chi connectivity index (χ0n) is 30.2. The molecule has 2 fully saturated rings. The Kier molecular flexibility index (Phi) is 10.2. The molecule has 0 radical (unpaired) electrons. The lowest BCUT2D eigenvalue weighted by Crippen LogP contribution is -2.65. The molecule has 2 aromatic rings. The van der Waals surface area contributed by atoms with Gasteiger partial charge in [-0.15, -0.1) is 4.36 Å². The average molecular weight is 739 g/mol. The molecule has 0 aromatic heterocycles. The van der Waals surface area contributed by atoms with Gasteiger partial charge in [-0.2, -0.15) is 0 Å². The predicted molar refractivity (Wildman–Crippen MR) is 200 cm³/mol. The summed E-state index contributed by atoms with van der Waals surface area (Å²) in [6.07, 6.45) is 9.44. The second-order valence-electron chi connectivity index (χ2n) is 15.7. The van der Waals surface area contributed by atoms with E-state index in [2.05, 4.69) is 52.1 Å². The smallest absolute Gasteiger partial charge is 0.330 e. The van der Waals surface area contributed by atoms with Gasteiger partial charge in [-0.1, -0.05) is 50.6 Å². The zero-order valence-corrected chi connectivity index (χ0v) is 31.8. The van der Waals surface area contributed by atoms with Gasteiger partial charge < -0.3 is 24.0 Å². The summed E-state index contributed by atoms with van der Waals surface area (Å²) < 4.78 is 40.1. The number of methoxy groups -OCH3 is 1. The van der Waals surface area contributed by atoms with Gasteiger partial charge in [0.2, 0.25) is 0 Å². The monoisotopic (exact) mass is 738 g/mol. The van der Waals surface area contributed by atoms with Crippen molar-refractivity contribution in [3.8, 4) is 5.75 Å². The van der Waals surface area contributed by atoms with Crippen LogP contribution in [0.1, 0.15) is 74.4 Å². The van der Waals surface area contributed by atoms with Crippen LogP contribution < -0.4 is 14.4 Å². The molecular weight excluding hydrogens is 688 g/mol. The third-order valence-electron chi connectivity index (χ3n) is 11.8. The number of urea groups is 1. The summed E-state index contributed by atoms with van der Waals surface area (Å²) >= 11 is 6.45. The normalized spacial score (nSPS) is 32.7. The topological polar surface area (TPSA) is 110 Å². The lowest BCUT2D eigenvalue weighted by atomic mass is 9.70. The minimum absolute atomic E-state index is 0.0278. The molecule has 0 saturated carbocycles. The predicted octanol–water partition coefficient (Wildman–Crippen LogP) is 6.79. The van der Waals surface area contributed by atoms with Crippen LogP contribution in [0.4, 0.5) is 10.5 Å². The number of ether oxygens (including phenoxy) is 3. The van der Waals surface area contributed by atoms with E-state index in [1.165, 1.54) is 11.1 Å². The summed E-state index contributed by atoms with van der Waals surface area (Å²) in [5.41, 5.74) is 3.05. The molecule has 4 aliphatic heterocycles. The summed E-state index contributed by atoms with van der Waals surface area (Å²) in [7, 11) is -1.75. The van der Waals surface area contributed by atoms with Crippen molar-refractivity contribution in [2.45, 2.75) is 76.4 Å². The third-order valence-corrected chi connectivity index (χ3v) is 14.0. The number of hydrogen-bond donors (Lipinski definition) is 1. The van der Waals surface area contributed by atoms with Crippen LogP contribution in [0.25, 0.3) is 0 Å². The van der Waals surface area contributed by atoms with E-state index in [1.54, 1.807) is 18.1 Å². The number of halogens is 1. The van der Waals surface area contributed by atoms with Gasteiger partial charge >= 0.3 is 6.03 Å². The number of likely N-dealkylation sites (tertiary alicyclic amines) is 1. The number of aryl methyl sites for hydroxylation is 1. The van der Waals surface area contributed by atoms with Crippen molar-refractivity contribution < 1.29 is 28.0 Å². The molecule has 10 nitrogen and oxygen atoms in total. The number of benzene rings is 2. The lowest BCUT2D eigenvalue weighted by molar-refractivity contribution is -0.0905. The lowest BCUT2D eigenvalue weighted by Gasteiger charge is -2.46. The molecule has 6 atom stereocenters. The van der Waals surface area contributed by atoms with Crippen LogP contribution in [0.2, 0.25) is 5.02 Å². The molecule has 7 rings (SSSR count). The SMILES string of the molecule is CO[C@H]1/C=C\C[C@H](C)CS(=O)(NC(=O)N2CC3(CCCO3)C2)=NC(=O)c2ccc3c(c2)N(C[C@H](C)[C@H]1C)C[C@@]1(CCCc2cc(Cl)ccc21)CO3. The van der Waals surface area contributed by atoms with Gasteiger partial charge in [0.25, 0.3) is 5.91 Å².